The van der Waals surface area contributed by atoms with Crippen LogP contribution in [0.3, 0.4) is 0 Å². The minimum absolute atomic E-state index is 0.397. The third-order valence-corrected chi connectivity index (χ3v) is 2.20. The molecule has 0 atom stereocenters. The maximum atomic E-state index is 11.3. The molecule has 0 unspecified atom stereocenters. The maximum Gasteiger partial charge on any atom is 0.407 e. The Hall–Kier alpha value is -1.30. The van der Waals surface area contributed by atoms with E-state index >= 15 is 0 Å². The minimum Gasteiger partial charge on any atom is -0.477 e. The molecule has 0 radical (unpaired) electrons. The van der Waals surface area contributed by atoms with Crippen molar-refractivity contribution in [2.24, 2.45) is 0 Å². The first-order chi connectivity index (χ1) is 7.97. The third-order valence-electron chi connectivity index (χ3n) is 1.65. The van der Waals surface area contributed by atoms with Gasteiger partial charge >= 0.3 is 6.09 Å². The molecule has 0 bridgehead atoms. The van der Waals surface area contributed by atoms with Crippen LogP contribution >= 0.6 is 11.5 Å². The summed E-state index contributed by atoms with van der Waals surface area (Å²) in [5.74, 6) is 0.632. The zero-order chi connectivity index (χ0) is 12.7. The van der Waals surface area contributed by atoms with Crippen LogP contribution in [0.5, 0.6) is 5.88 Å². The van der Waals surface area contributed by atoms with Crippen LogP contribution in [0.2, 0.25) is 0 Å². The number of hydrogen-bond acceptors (Lipinski definition) is 5. The summed E-state index contributed by atoms with van der Waals surface area (Å²) in [4.78, 5) is 11.3. The molecule has 1 N–H and O–H groups in total. The predicted octanol–water partition coefficient (Wildman–Crippen LogP) is 2.44. The lowest BCUT2D eigenvalue weighted by atomic mass is 10.2. The molecule has 0 fully saturated rings. The summed E-state index contributed by atoms with van der Waals surface area (Å²) in [6.45, 7) is 6.55. The topological polar surface area (TPSA) is 60.5 Å². The Bertz CT molecular complexity index is 333. The first kappa shape index (κ1) is 13.8. The highest BCUT2D eigenvalue weighted by Gasteiger charge is 2.15. The largest absolute Gasteiger partial charge is 0.477 e. The van der Waals surface area contributed by atoms with Crippen molar-refractivity contribution >= 4 is 17.6 Å². The number of hydrogen-bond donors (Lipinski definition) is 1. The van der Waals surface area contributed by atoms with E-state index in [-0.39, 0.29) is 0 Å². The van der Waals surface area contributed by atoms with E-state index in [0.717, 1.165) is 6.42 Å². The Morgan fingerprint density at radius 3 is 2.88 bits per heavy atom. The van der Waals surface area contributed by atoms with Gasteiger partial charge in [-0.3, -0.25) is 0 Å². The van der Waals surface area contributed by atoms with E-state index in [2.05, 4.69) is 9.69 Å². The molecular weight excluding hydrogens is 240 g/mol. The standard InChI is InChI=1S/C11H18N2O3S/c1-11(2,3)16-10(14)12-6-4-7-15-9-5-8-17-13-9/h5,8H,4,6-7H2,1-3H3,(H,12,14). The van der Waals surface area contributed by atoms with Gasteiger partial charge in [0, 0.05) is 18.0 Å². The molecule has 1 aromatic rings. The quantitative estimate of drug-likeness (QED) is 0.824. The fourth-order valence-corrected chi connectivity index (χ4v) is 1.49. The van der Waals surface area contributed by atoms with Gasteiger partial charge in [-0.1, -0.05) is 0 Å². The van der Waals surface area contributed by atoms with Gasteiger partial charge in [0.15, 0.2) is 0 Å². The maximum absolute atomic E-state index is 11.3. The van der Waals surface area contributed by atoms with E-state index in [9.17, 15) is 4.79 Å². The number of carbonyl (C=O) groups is 1. The summed E-state index contributed by atoms with van der Waals surface area (Å²) in [5.41, 5.74) is -0.457. The monoisotopic (exact) mass is 258 g/mol. The van der Waals surface area contributed by atoms with E-state index < -0.39 is 11.7 Å². The Morgan fingerprint density at radius 2 is 2.29 bits per heavy atom. The van der Waals surface area contributed by atoms with Gasteiger partial charge in [0.25, 0.3) is 0 Å². The highest BCUT2D eigenvalue weighted by atomic mass is 32.1. The summed E-state index contributed by atoms with van der Waals surface area (Å²) in [6, 6.07) is 1.81. The summed E-state index contributed by atoms with van der Waals surface area (Å²) in [7, 11) is 0. The molecule has 1 rings (SSSR count). The predicted molar refractivity (Wildman–Crippen MR) is 66.5 cm³/mol. The number of alkyl carbamates (subject to hydrolysis) is 1. The molecule has 1 aromatic heterocycles. The number of amides is 1. The number of nitrogens with zero attached hydrogens (tertiary/aromatic N) is 1. The molecule has 96 valence electrons. The van der Waals surface area contributed by atoms with Crippen LogP contribution in [0.25, 0.3) is 0 Å². The van der Waals surface area contributed by atoms with Crippen molar-refractivity contribution < 1.29 is 14.3 Å². The average molecular weight is 258 g/mol. The van der Waals surface area contributed by atoms with Crippen molar-refractivity contribution in [1.29, 1.82) is 0 Å². The fourth-order valence-electron chi connectivity index (χ4n) is 1.03. The second-order valence-corrected chi connectivity index (χ2v) is 5.13. The second-order valence-electron chi connectivity index (χ2n) is 4.47. The zero-order valence-electron chi connectivity index (χ0n) is 10.4. The Labute approximate surface area is 105 Å². The van der Waals surface area contributed by atoms with Crippen LogP contribution in [0.15, 0.2) is 11.4 Å². The number of aromatic nitrogens is 1. The highest BCUT2D eigenvalue weighted by molar-refractivity contribution is 7.03. The molecular formula is C11H18N2O3S. The summed E-state index contributed by atoms with van der Waals surface area (Å²) < 4.78 is 14.4. The molecule has 0 spiro atoms. The van der Waals surface area contributed by atoms with Gasteiger partial charge < -0.3 is 14.8 Å². The molecule has 6 heteroatoms. The van der Waals surface area contributed by atoms with Gasteiger partial charge in [-0.25, -0.2) is 4.79 Å². The SMILES string of the molecule is CC(C)(C)OC(=O)NCCCOc1ccsn1. The molecule has 0 aliphatic carbocycles. The van der Waals surface area contributed by atoms with Crippen molar-refractivity contribution in [2.45, 2.75) is 32.8 Å². The fraction of sp³-hybridized carbons (Fsp3) is 0.636. The Morgan fingerprint density at radius 1 is 1.53 bits per heavy atom. The molecule has 17 heavy (non-hydrogen) atoms. The van der Waals surface area contributed by atoms with E-state index in [1.807, 2.05) is 32.2 Å². The first-order valence-corrected chi connectivity index (χ1v) is 6.31. The van der Waals surface area contributed by atoms with Crippen molar-refractivity contribution in [3.05, 3.63) is 11.4 Å². The molecule has 0 aliphatic rings. The number of rotatable bonds is 5. The highest BCUT2D eigenvalue weighted by Crippen LogP contribution is 2.08. The number of ether oxygens (including phenoxy) is 2. The lowest BCUT2D eigenvalue weighted by Crippen LogP contribution is -2.33. The van der Waals surface area contributed by atoms with Gasteiger partial charge in [0.05, 0.1) is 6.61 Å². The summed E-state index contributed by atoms with van der Waals surface area (Å²) in [6.07, 6.45) is 0.322. The van der Waals surface area contributed by atoms with Crippen LogP contribution in [0.4, 0.5) is 4.79 Å². The van der Waals surface area contributed by atoms with Crippen molar-refractivity contribution in [1.82, 2.24) is 9.69 Å². The molecule has 0 saturated carbocycles. The third kappa shape index (κ3) is 6.78. The van der Waals surface area contributed by atoms with Crippen molar-refractivity contribution in [3.63, 3.8) is 0 Å². The molecule has 0 saturated heterocycles. The number of nitrogens with one attached hydrogen (secondary N) is 1. The average Bonchev–Trinajstić information content (AvgIpc) is 2.67. The van der Waals surface area contributed by atoms with E-state index in [1.165, 1.54) is 11.5 Å². The van der Waals surface area contributed by atoms with Crippen LogP contribution in [0, 0.1) is 0 Å². The minimum atomic E-state index is -0.457. The Balaban J connectivity index is 2.02. The van der Waals surface area contributed by atoms with Crippen LogP contribution in [-0.2, 0) is 4.74 Å². The van der Waals surface area contributed by atoms with E-state index in [4.69, 9.17) is 9.47 Å². The van der Waals surface area contributed by atoms with Crippen LogP contribution in [-0.4, -0.2) is 29.2 Å². The van der Waals surface area contributed by atoms with Gasteiger partial charge in [0.1, 0.15) is 5.60 Å². The molecule has 0 aromatic carbocycles. The van der Waals surface area contributed by atoms with E-state index in [1.54, 1.807) is 0 Å². The molecule has 0 aliphatic heterocycles. The molecule has 1 heterocycles. The van der Waals surface area contributed by atoms with Crippen LogP contribution < -0.4 is 10.1 Å². The lowest BCUT2D eigenvalue weighted by Gasteiger charge is -2.19. The Kier molecular flexibility index (Phi) is 5.21. The van der Waals surface area contributed by atoms with Gasteiger partial charge in [-0.2, -0.15) is 4.37 Å². The van der Waals surface area contributed by atoms with Gasteiger partial charge in [-0.15, -0.1) is 0 Å². The summed E-state index contributed by atoms with van der Waals surface area (Å²) >= 11 is 1.35. The molecule has 1 amide bonds. The van der Waals surface area contributed by atoms with Crippen molar-refractivity contribution in [2.75, 3.05) is 13.2 Å². The van der Waals surface area contributed by atoms with E-state index in [0.29, 0.717) is 19.0 Å². The van der Waals surface area contributed by atoms with Gasteiger partial charge in [-0.05, 0) is 38.7 Å². The first-order valence-electron chi connectivity index (χ1n) is 5.47. The molecule has 5 nitrogen and oxygen atoms in total. The van der Waals surface area contributed by atoms with Crippen LogP contribution in [0.1, 0.15) is 27.2 Å². The second kappa shape index (κ2) is 6.44. The summed E-state index contributed by atoms with van der Waals surface area (Å²) in [5, 5.41) is 4.52. The number of carbonyl (C=O) groups excluding carboxylic acids is 1. The van der Waals surface area contributed by atoms with Crippen molar-refractivity contribution in [3.8, 4) is 5.88 Å². The smallest absolute Gasteiger partial charge is 0.407 e. The lowest BCUT2D eigenvalue weighted by molar-refractivity contribution is 0.0525. The zero-order valence-corrected chi connectivity index (χ0v) is 11.2. The normalized spacial score (nSPS) is 11.0. The van der Waals surface area contributed by atoms with Gasteiger partial charge in [0.2, 0.25) is 5.88 Å².